The smallest absolute Gasteiger partial charge is 0.225 e. The molecule has 0 fully saturated rings. The molecule has 0 spiro atoms. The van der Waals surface area contributed by atoms with Crippen LogP contribution in [-0.2, 0) is 17.6 Å². The summed E-state index contributed by atoms with van der Waals surface area (Å²) in [4.78, 5) is 13.7. The zero-order valence-corrected chi connectivity index (χ0v) is 18.6. The molecular formula is C21H22N6OS2. The molecule has 3 aromatic rings. The maximum absolute atomic E-state index is 12.5. The summed E-state index contributed by atoms with van der Waals surface area (Å²) in [6.07, 6.45) is 4.51. The van der Waals surface area contributed by atoms with E-state index < -0.39 is 0 Å². The summed E-state index contributed by atoms with van der Waals surface area (Å²) in [5, 5.41) is 25.8. The summed E-state index contributed by atoms with van der Waals surface area (Å²) in [5.41, 5.74) is 5.06. The van der Waals surface area contributed by atoms with Crippen molar-refractivity contribution in [3.05, 3.63) is 45.3 Å². The minimum atomic E-state index is -0.0946. The lowest BCUT2D eigenvalue weighted by Crippen LogP contribution is -2.12. The minimum Gasteiger partial charge on any atom is -0.317 e. The number of tetrazole rings is 1. The monoisotopic (exact) mass is 438 g/mol. The van der Waals surface area contributed by atoms with E-state index in [1.807, 2.05) is 18.2 Å². The maximum atomic E-state index is 12.5. The first-order valence-electron chi connectivity index (χ1n) is 9.90. The Labute approximate surface area is 183 Å². The largest absolute Gasteiger partial charge is 0.317 e. The second-order valence-corrected chi connectivity index (χ2v) is 9.48. The molecule has 7 nitrogen and oxygen atoms in total. The molecule has 1 amide bonds. The van der Waals surface area contributed by atoms with E-state index in [4.69, 9.17) is 0 Å². The van der Waals surface area contributed by atoms with Crippen LogP contribution in [0, 0.1) is 25.2 Å². The zero-order valence-electron chi connectivity index (χ0n) is 16.9. The van der Waals surface area contributed by atoms with Gasteiger partial charge in [-0.15, -0.1) is 16.4 Å². The maximum Gasteiger partial charge on any atom is 0.225 e. The van der Waals surface area contributed by atoms with Crippen molar-refractivity contribution in [3.8, 4) is 11.8 Å². The van der Waals surface area contributed by atoms with Crippen LogP contribution in [0.3, 0.4) is 0 Å². The van der Waals surface area contributed by atoms with Gasteiger partial charge in [0.2, 0.25) is 11.1 Å². The Morgan fingerprint density at radius 1 is 1.30 bits per heavy atom. The third-order valence-corrected chi connectivity index (χ3v) is 7.40. The lowest BCUT2D eigenvalue weighted by Gasteiger charge is -2.09. The SMILES string of the molecule is Cc1ccc(-n2nnnc2SCCC(=O)Nc2sc3c(c2C#N)CCCC3)cc1C. The van der Waals surface area contributed by atoms with Crippen LogP contribution in [0.5, 0.6) is 0 Å². The second kappa shape index (κ2) is 8.98. The lowest BCUT2D eigenvalue weighted by atomic mass is 9.96. The van der Waals surface area contributed by atoms with Crippen molar-refractivity contribution in [2.75, 3.05) is 11.1 Å². The van der Waals surface area contributed by atoms with Gasteiger partial charge in [-0.05, 0) is 78.8 Å². The molecule has 0 atom stereocenters. The van der Waals surface area contributed by atoms with E-state index >= 15 is 0 Å². The lowest BCUT2D eigenvalue weighted by molar-refractivity contribution is -0.115. The summed E-state index contributed by atoms with van der Waals surface area (Å²) in [5.74, 6) is 0.451. The summed E-state index contributed by atoms with van der Waals surface area (Å²) < 4.78 is 1.69. The van der Waals surface area contributed by atoms with Crippen molar-refractivity contribution in [1.82, 2.24) is 20.2 Å². The number of rotatable bonds is 6. The molecule has 2 aromatic heterocycles. The van der Waals surface area contributed by atoms with E-state index in [1.165, 1.54) is 27.8 Å². The van der Waals surface area contributed by atoms with Gasteiger partial charge in [0.15, 0.2) is 0 Å². The van der Waals surface area contributed by atoms with E-state index in [0.29, 0.717) is 27.9 Å². The summed E-state index contributed by atoms with van der Waals surface area (Å²) in [7, 11) is 0. The zero-order chi connectivity index (χ0) is 21.1. The van der Waals surface area contributed by atoms with E-state index in [-0.39, 0.29) is 5.91 Å². The van der Waals surface area contributed by atoms with Gasteiger partial charge in [0, 0.05) is 17.1 Å². The number of amides is 1. The first-order valence-corrected chi connectivity index (χ1v) is 11.7. The molecule has 30 heavy (non-hydrogen) atoms. The second-order valence-electron chi connectivity index (χ2n) is 7.32. The Kier molecular flexibility index (Phi) is 6.16. The predicted octanol–water partition coefficient (Wildman–Crippen LogP) is 4.21. The number of carbonyl (C=O) groups excluding carboxylic acids is 1. The normalized spacial score (nSPS) is 13.0. The highest BCUT2D eigenvalue weighted by Gasteiger charge is 2.21. The van der Waals surface area contributed by atoms with E-state index in [2.05, 4.69) is 40.8 Å². The van der Waals surface area contributed by atoms with Crippen molar-refractivity contribution in [1.29, 1.82) is 5.26 Å². The van der Waals surface area contributed by atoms with Gasteiger partial charge in [0.05, 0.1) is 11.3 Å². The van der Waals surface area contributed by atoms with Crippen LogP contribution in [0.15, 0.2) is 23.4 Å². The highest BCUT2D eigenvalue weighted by molar-refractivity contribution is 7.99. The average Bonchev–Trinajstić information content (AvgIpc) is 3.34. The standard InChI is InChI=1S/C21H22N6OS2/c1-13-7-8-15(11-14(13)2)27-21(24-25-26-27)29-10-9-19(28)23-20-17(12-22)16-5-3-4-6-18(16)30-20/h7-8,11H,3-6,9-10H2,1-2H3,(H,23,28). The molecule has 0 unspecified atom stereocenters. The van der Waals surface area contributed by atoms with Gasteiger partial charge in [-0.2, -0.15) is 9.94 Å². The summed E-state index contributed by atoms with van der Waals surface area (Å²) in [6.45, 7) is 4.12. The number of nitrogens with one attached hydrogen (secondary N) is 1. The molecule has 1 aliphatic rings. The van der Waals surface area contributed by atoms with Crippen LogP contribution in [-0.4, -0.2) is 31.9 Å². The number of thiophene rings is 1. The quantitative estimate of drug-likeness (QED) is 0.579. The number of anilines is 1. The van der Waals surface area contributed by atoms with Crippen LogP contribution in [0.1, 0.15) is 46.4 Å². The van der Waals surface area contributed by atoms with E-state index in [9.17, 15) is 10.1 Å². The number of aryl methyl sites for hydroxylation is 3. The predicted molar refractivity (Wildman–Crippen MR) is 118 cm³/mol. The van der Waals surface area contributed by atoms with Crippen molar-refractivity contribution < 1.29 is 4.79 Å². The number of aromatic nitrogens is 4. The first-order chi connectivity index (χ1) is 14.6. The van der Waals surface area contributed by atoms with Gasteiger partial charge in [0.1, 0.15) is 11.1 Å². The first kappa shape index (κ1) is 20.6. The fourth-order valence-corrected chi connectivity index (χ4v) is 5.57. The Hall–Kier alpha value is -2.70. The Balaban J connectivity index is 1.37. The number of hydrogen-bond donors (Lipinski definition) is 1. The third kappa shape index (κ3) is 4.25. The summed E-state index contributed by atoms with van der Waals surface area (Å²) in [6, 6.07) is 8.36. The van der Waals surface area contributed by atoms with Gasteiger partial charge in [0.25, 0.3) is 0 Å². The highest BCUT2D eigenvalue weighted by Crippen LogP contribution is 2.37. The van der Waals surface area contributed by atoms with Crippen LogP contribution in [0.4, 0.5) is 5.00 Å². The molecule has 0 saturated heterocycles. The van der Waals surface area contributed by atoms with Gasteiger partial charge in [-0.1, -0.05) is 17.8 Å². The third-order valence-electron chi connectivity index (χ3n) is 5.27. The number of thioether (sulfide) groups is 1. The molecule has 0 aliphatic heterocycles. The molecule has 1 N–H and O–H groups in total. The van der Waals surface area contributed by atoms with Gasteiger partial charge in [-0.3, -0.25) is 4.79 Å². The Bertz CT molecular complexity index is 1130. The topological polar surface area (TPSA) is 96.5 Å². The van der Waals surface area contributed by atoms with Crippen LogP contribution in [0.25, 0.3) is 5.69 Å². The van der Waals surface area contributed by atoms with Crippen molar-refractivity contribution in [2.24, 2.45) is 0 Å². The van der Waals surface area contributed by atoms with Crippen molar-refractivity contribution >= 4 is 34.0 Å². The fraction of sp³-hybridized carbons (Fsp3) is 0.381. The molecule has 0 bridgehead atoms. The molecule has 1 aliphatic carbocycles. The molecule has 4 rings (SSSR count). The van der Waals surface area contributed by atoms with Crippen molar-refractivity contribution in [3.63, 3.8) is 0 Å². The Morgan fingerprint density at radius 2 is 2.13 bits per heavy atom. The number of fused-ring (bicyclic) bond motifs is 1. The summed E-state index contributed by atoms with van der Waals surface area (Å²) >= 11 is 2.99. The number of hydrogen-bond acceptors (Lipinski definition) is 7. The highest BCUT2D eigenvalue weighted by atomic mass is 32.2. The minimum absolute atomic E-state index is 0.0946. The molecule has 9 heteroatoms. The Morgan fingerprint density at radius 3 is 2.93 bits per heavy atom. The molecule has 154 valence electrons. The van der Waals surface area contributed by atoms with Crippen molar-refractivity contribution in [2.45, 2.75) is 51.1 Å². The fourth-order valence-electron chi connectivity index (χ4n) is 3.48. The van der Waals surface area contributed by atoms with E-state index in [0.717, 1.165) is 36.9 Å². The number of nitriles is 1. The number of benzene rings is 1. The van der Waals surface area contributed by atoms with Crippen LogP contribution >= 0.6 is 23.1 Å². The molecule has 2 heterocycles. The molecular weight excluding hydrogens is 416 g/mol. The molecule has 0 saturated carbocycles. The van der Waals surface area contributed by atoms with Gasteiger partial charge < -0.3 is 5.32 Å². The number of carbonyl (C=O) groups is 1. The molecule has 1 aromatic carbocycles. The molecule has 0 radical (unpaired) electrons. The average molecular weight is 439 g/mol. The van der Waals surface area contributed by atoms with Gasteiger partial charge in [-0.25, -0.2) is 0 Å². The van der Waals surface area contributed by atoms with E-state index in [1.54, 1.807) is 16.0 Å². The van der Waals surface area contributed by atoms with Crippen LogP contribution in [0.2, 0.25) is 0 Å². The van der Waals surface area contributed by atoms with Gasteiger partial charge >= 0.3 is 0 Å². The van der Waals surface area contributed by atoms with Crippen LogP contribution < -0.4 is 5.32 Å². The number of nitrogens with zero attached hydrogens (tertiary/aromatic N) is 5.